The summed E-state index contributed by atoms with van der Waals surface area (Å²) in [5.74, 6) is -0.889. The molecule has 1 aliphatic carbocycles. The van der Waals surface area contributed by atoms with Gasteiger partial charge in [0.25, 0.3) is 0 Å². The van der Waals surface area contributed by atoms with Crippen LogP contribution >= 0.6 is 0 Å². The third kappa shape index (κ3) is 2.76. The third-order valence-corrected chi connectivity index (χ3v) is 5.10. The molecule has 25 heavy (non-hydrogen) atoms. The molecule has 3 aromatic rings. The second-order valence-electron chi connectivity index (χ2n) is 6.71. The van der Waals surface area contributed by atoms with E-state index < -0.39 is 5.97 Å². The van der Waals surface area contributed by atoms with Crippen molar-refractivity contribution in [2.24, 2.45) is 0 Å². The Morgan fingerprint density at radius 3 is 2.44 bits per heavy atom. The van der Waals surface area contributed by atoms with Crippen molar-refractivity contribution in [3.05, 3.63) is 77.0 Å². The van der Waals surface area contributed by atoms with Crippen LogP contribution in [-0.4, -0.2) is 15.6 Å². The Morgan fingerprint density at radius 1 is 1.00 bits per heavy atom. The number of carboxylic acids is 1. The van der Waals surface area contributed by atoms with Gasteiger partial charge < -0.3 is 9.67 Å². The maximum Gasteiger partial charge on any atom is 0.335 e. The van der Waals surface area contributed by atoms with E-state index in [1.165, 1.54) is 40.9 Å². The summed E-state index contributed by atoms with van der Waals surface area (Å²) in [5.41, 5.74) is 7.83. The second kappa shape index (κ2) is 6.25. The van der Waals surface area contributed by atoms with Crippen molar-refractivity contribution in [1.82, 2.24) is 4.57 Å². The average molecular weight is 331 g/mol. The number of nitrogens with zero attached hydrogens (tertiary/aromatic N) is 1. The van der Waals surface area contributed by atoms with Crippen LogP contribution in [0.4, 0.5) is 0 Å². The Bertz CT molecular complexity index is 935. The van der Waals surface area contributed by atoms with Gasteiger partial charge in [-0.25, -0.2) is 4.79 Å². The van der Waals surface area contributed by atoms with Gasteiger partial charge in [-0.1, -0.05) is 24.3 Å². The first-order valence-electron chi connectivity index (χ1n) is 8.78. The fourth-order valence-electron chi connectivity index (χ4n) is 3.81. The van der Waals surface area contributed by atoms with Crippen LogP contribution in [0.15, 0.2) is 54.6 Å². The van der Waals surface area contributed by atoms with Crippen LogP contribution in [0.25, 0.3) is 16.9 Å². The summed E-state index contributed by atoms with van der Waals surface area (Å²) in [6, 6.07) is 18.0. The Balaban J connectivity index is 1.92. The molecular formula is C22H21NO2. The third-order valence-electron chi connectivity index (χ3n) is 5.10. The largest absolute Gasteiger partial charge is 0.478 e. The first kappa shape index (κ1) is 15.7. The van der Waals surface area contributed by atoms with E-state index in [9.17, 15) is 4.79 Å². The van der Waals surface area contributed by atoms with Gasteiger partial charge in [0.05, 0.1) is 11.3 Å². The van der Waals surface area contributed by atoms with Gasteiger partial charge in [-0.3, -0.25) is 0 Å². The highest BCUT2D eigenvalue weighted by Gasteiger charge is 2.21. The molecule has 126 valence electrons. The summed E-state index contributed by atoms with van der Waals surface area (Å²) in [6.45, 7) is 2.14. The number of aryl methyl sites for hydroxylation is 2. The van der Waals surface area contributed by atoms with Crippen molar-refractivity contribution in [2.75, 3.05) is 0 Å². The van der Waals surface area contributed by atoms with Gasteiger partial charge in [-0.2, -0.15) is 0 Å². The van der Waals surface area contributed by atoms with Crippen molar-refractivity contribution in [3.8, 4) is 16.9 Å². The molecule has 1 heterocycles. The average Bonchev–Trinajstić information content (AvgIpc) is 3.01. The lowest BCUT2D eigenvalue weighted by Gasteiger charge is -2.18. The van der Waals surface area contributed by atoms with E-state index in [-0.39, 0.29) is 0 Å². The molecule has 2 aromatic carbocycles. The molecule has 0 unspecified atom stereocenters. The number of benzene rings is 2. The highest BCUT2D eigenvalue weighted by molar-refractivity contribution is 5.87. The van der Waals surface area contributed by atoms with Crippen molar-refractivity contribution < 1.29 is 9.90 Å². The van der Waals surface area contributed by atoms with Gasteiger partial charge in [-0.05, 0) is 74.1 Å². The van der Waals surface area contributed by atoms with Crippen LogP contribution in [0.5, 0.6) is 0 Å². The number of carboxylic acid groups (broad SMARTS) is 1. The van der Waals surface area contributed by atoms with Gasteiger partial charge >= 0.3 is 5.97 Å². The van der Waals surface area contributed by atoms with E-state index in [4.69, 9.17) is 5.11 Å². The fraction of sp³-hybridized carbons (Fsp3) is 0.227. The normalized spacial score (nSPS) is 13.5. The second-order valence-corrected chi connectivity index (χ2v) is 6.71. The zero-order valence-corrected chi connectivity index (χ0v) is 14.3. The summed E-state index contributed by atoms with van der Waals surface area (Å²) >= 11 is 0. The topological polar surface area (TPSA) is 42.2 Å². The Morgan fingerprint density at radius 2 is 1.72 bits per heavy atom. The van der Waals surface area contributed by atoms with E-state index in [1.807, 2.05) is 12.1 Å². The molecule has 1 aromatic heterocycles. The summed E-state index contributed by atoms with van der Waals surface area (Å²) in [5, 5.41) is 9.16. The standard InChI is InChI=1S/C22H21NO2/c1-15-6-2-4-8-19(15)21-14-17-7-3-5-9-20(17)23(21)18-12-10-16(11-13-18)22(24)25/h2,4,6,8,10-14H,3,5,7,9H2,1H3,(H,24,25). The molecule has 0 aliphatic heterocycles. The molecular weight excluding hydrogens is 310 g/mol. The molecule has 0 saturated heterocycles. The van der Waals surface area contributed by atoms with E-state index in [1.54, 1.807) is 12.1 Å². The highest BCUT2D eigenvalue weighted by Crippen LogP contribution is 2.35. The minimum absolute atomic E-state index is 0.321. The van der Waals surface area contributed by atoms with Gasteiger partial charge in [0.2, 0.25) is 0 Å². The molecule has 0 radical (unpaired) electrons. The van der Waals surface area contributed by atoms with E-state index in [0.717, 1.165) is 18.5 Å². The van der Waals surface area contributed by atoms with E-state index in [2.05, 4.69) is 41.8 Å². The van der Waals surface area contributed by atoms with Gasteiger partial charge in [0, 0.05) is 16.9 Å². The molecule has 0 bridgehead atoms. The number of hydrogen-bond acceptors (Lipinski definition) is 1. The van der Waals surface area contributed by atoms with Crippen molar-refractivity contribution >= 4 is 5.97 Å². The molecule has 3 heteroatoms. The molecule has 4 rings (SSSR count). The van der Waals surface area contributed by atoms with Crippen molar-refractivity contribution in [2.45, 2.75) is 32.6 Å². The van der Waals surface area contributed by atoms with Crippen LogP contribution in [0, 0.1) is 6.92 Å². The quantitative estimate of drug-likeness (QED) is 0.731. The maximum atomic E-state index is 11.2. The predicted molar refractivity (Wildman–Crippen MR) is 99.5 cm³/mol. The fourth-order valence-corrected chi connectivity index (χ4v) is 3.81. The van der Waals surface area contributed by atoms with E-state index in [0.29, 0.717) is 5.56 Å². The number of aromatic carboxylic acids is 1. The lowest BCUT2D eigenvalue weighted by atomic mass is 9.97. The van der Waals surface area contributed by atoms with Gasteiger partial charge in [0.15, 0.2) is 0 Å². The monoisotopic (exact) mass is 331 g/mol. The molecule has 1 N–H and O–H groups in total. The first-order chi connectivity index (χ1) is 12.1. The molecule has 0 spiro atoms. The number of fused-ring (bicyclic) bond motifs is 1. The highest BCUT2D eigenvalue weighted by atomic mass is 16.4. The van der Waals surface area contributed by atoms with Crippen molar-refractivity contribution in [1.29, 1.82) is 0 Å². The van der Waals surface area contributed by atoms with Crippen LogP contribution in [0.2, 0.25) is 0 Å². The number of carbonyl (C=O) groups is 1. The summed E-state index contributed by atoms with van der Waals surface area (Å²) in [4.78, 5) is 11.2. The lowest BCUT2D eigenvalue weighted by Crippen LogP contribution is -2.08. The smallest absolute Gasteiger partial charge is 0.335 e. The molecule has 3 nitrogen and oxygen atoms in total. The Hall–Kier alpha value is -2.81. The van der Waals surface area contributed by atoms with Gasteiger partial charge in [0.1, 0.15) is 0 Å². The van der Waals surface area contributed by atoms with E-state index >= 15 is 0 Å². The van der Waals surface area contributed by atoms with Crippen molar-refractivity contribution in [3.63, 3.8) is 0 Å². The summed E-state index contributed by atoms with van der Waals surface area (Å²) < 4.78 is 2.32. The van der Waals surface area contributed by atoms with Crippen LogP contribution in [-0.2, 0) is 12.8 Å². The Kier molecular flexibility index (Phi) is 3.92. The molecule has 0 atom stereocenters. The zero-order valence-electron chi connectivity index (χ0n) is 14.3. The molecule has 1 aliphatic rings. The zero-order chi connectivity index (χ0) is 17.4. The van der Waals surface area contributed by atoms with Crippen LogP contribution in [0.3, 0.4) is 0 Å². The first-order valence-corrected chi connectivity index (χ1v) is 8.78. The molecule has 0 amide bonds. The maximum absolute atomic E-state index is 11.2. The number of hydrogen-bond donors (Lipinski definition) is 1. The summed E-state index contributed by atoms with van der Waals surface area (Å²) in [6.07, 6.45) is 4.63. The van der Waals surface area contributed by atoms with Gasteiger partial charge in [-0.15, -0.1) is 0 Å². The van der Waals surface area contributed by atoms with Crippen LogP contribution in [0.1, 0.15) is 40.0 Å². The predicted octanol–water partition coefficient (Wildman–Crippen LogP) is 5.03. The number of aromatic nitrogens is 1. The number of rotatable bonds is 3. The molecule has 0 fully saturated rings. The summed E-state index contributed by atoms with van der Waals surface area (Å²) in [7, 11) is 0. The minimum Gasteiger partial charge on any atom is -0.478 e. The lowest BCUT2D eigenvalue weighted by molar-refractivity contribution is 0.0697. The SMILES string of the molecule is Cc1ccccc1-c1cc2c(n1-c1ccc(C(=O)O)cc1)CCCC2. The molecule has 0 saturated carbocycles. The minimum atomic E-state index is -0.889. The van der Waals surface area contributed by atoms with Crippen LogP contribution < -0.4 is 0 Å². The Labute approximate surface area is 147 Å².